The first-order valence-corrected chi connectivity index (χ1v) is 8.87. The van der Waals surface area contributed by atoms with Crippen LogP contribution in [-0.2, 0) is 16.0 Å². The van der Waals surface area contributed by atoms with E-state index in [1.54, 1.807) is 0 Å². The molecule has 2 saturated heterocycles. The molecule has 0 amide bonds. The topological polar surface area (TPSA) is 69.4 Å². The number of rotatable bonds is 4. The van der Waals surface area contributed by atoms with Crippen molar-refractivity contribution in [3.8, 4) is 11.5 Å². The zero-order valence-corrected chi connectivity index (χ0v) is 14.3. The zero-order chi connectivity index (χ0) is 18.0. The van der Waals surface area contributed by atoms with Gasteiger partial charge in [-0.3, -0.25) is 0 Å². The highest BCUT2D eigenvalue weighted by atomic mass is 19.1. The maximum absolute atomic E-state index is 13.8. The maximum atomic E-state index is 13.8. The highest BCUT2D eigenvalue weighted by Gasteiger charge is 2.38. The summed E-state index contributed by atoms with van der Waals surface area (Å²) in [6.07, 6.45) is 3.62. The van der Waals surface area contributed by atoms with Gasteiger partial charge in [0, 0.05) is 25.9 Å². The first-order chi connectivity index (χ1) is 12.7. The fourth-order valence-corrected chi connectivity index (χ4v) is 3.66. The molecule has 4 rings (SSSR count). The fraction of sp³-hybridized carbons (Fsp3) is 0.556. The van der Waals surface area contributed by atoms with Crippen molar-refractivity contribution in [2.45, 2.75) is 43.9 Å². The number of nitrogens with one attached hydrogen (secondary N) is 1. The van der Waals surface area contributed by atoms with Gasteiger partial charge in [-0.25, -0.2) is 8.78 Å². The number of benzene rings is 1. The second kappa shape index (κ2) is 7.38. The summed E-state index contributed by atoms with van der Waals surface area (Å²) in [5, 5.41) is 7.24. The highest BCUT2D eigenvalue weighted by molar-refractivity contribution is 5.54. The molecule has 1 aromatic heterocycles. The first-order valence-electron chi connectivity index (χ1n) is 8.87. The van der Waals surface area contributed by atoms with Gasteiger partial charge in [0.25, 0.3) is 5.89 Å². The van der Waals surface area contributed by atoms with E-state index in [4.69, 9.17) is 14.0 Å². The molecule has 2 aliphatic heterocycles. The van der Waals surface area contributed by atoms with Gasteiger partial charge in [-0.2, -0.15) is 4.98 Å². The van der Waals surface area contributed by atoms with Crippen molar-refractivity contribution in [1.82, 2.24) is 15.5 Å². The van der Waals surface area contributed by atoms with Crippen LogP contribution in [0.2, 0.25) is 0 Å². The standard InChI is InChI=1S/C18H21F2N3O3/c19-13-2-1-3-14(20)16(13)17-22-15(23-26-17)11-21-12-4-7-25-18(10-12)5-8-24-9-6-18/h1-3,12,21H,4-11H2. The molecule has 6 nitrogen and oxygen atoms in total. The van der Waals surface area contributed by atoms with Crippen molar-refractivity contribution in [2.24, 2.45) is 0 Å². The molecule has 1 N–H and O–H groups in total. The number of hydrogen-bond donors (Lipinski definition) is 1. The third kappa shape index (κ3) is 3.62. The quantitative estimate of drug-likeness (QED) is 0.899. The molecule has 2 aliphatic rings. The van der Waals surface area contributed by atoms with Crippen LogP contribution in [0.1, 0.15) is 31.5 Å². The molecule has 8 heteroatoms. The van der Waals surface area contributed by atoms with Crippen molar-refractivity contribution in [3.63, 3.8) is 0 Å². The van der Waals surface area contributed by atoms with E-state index in [0.29, 0.717) is 19.0 Å². The van der Waals surface area contributed by atoms with E-state index in [9.17, 15) is 8.78 Å². The molecule has 1 spiro atoms. The van der Waals surface area contributed by atoms with E-state index in [-0.39, 0.29) is 23.1 Å². The van der Waals surface area contributed by atoms with Crippen molar-refractivity contribution in [2.75, 3.05) is 19.8 Å². The normalized spacial score (nSPS) is 22.6. The minimum absolute atomic E-state index is 0.104. The third-order valence-corrected chi connectivity index (χ3v) is 5.09. The van der Waals surface area contributed by atoms with Gasteiger partial charge >= 0.3 is 0 Å². The van der Waals surface area contributed by atoms with Crippen LogP contribution in [0.25, 0.3) is 11.5 Å². The molecule has 0 aliphatic carbocycles. The van der Waals surface area contributed by atoms with Gasteiger partial charge < -0.3 is 19.3 Å². The molecule has 2 aromatic rings. The Bertz CT molecular complexity index is 736. The second-order valence-corrected chi connectivity index (χ2v) is 6.83. The minimum Gasteiger partial charge on any atom is -0.381 e. The van der Waals surface area contributed by atoms with Crippen molar-refractivity contribution in [1.29, 1.82) is 0 Å². The smallest absolute Gasteiger partial charge is 0.263 e. The van der Waals surface area contributed by atoms with Crippen LogP contribution in [-0.4, -0.2) is 41.6 Å². The van der Waals surface area contributed by atoms with Crippen LogP contribution in [0.4, 0.5) is 8.78 Å². The van der Waals surface area contributed by atoms with E-state index in [1.165, 1.54) is 6.07 Å². The molecule has 2 fully saturated rings. The lowest BCUT2D eigenvalue weighted by Crippen LogP contribution is -2.49. The van der Waals surface area contributed by atoms with E-state index in [2.05, 4.69) is 15.5 Å². The number of ether oxygens (including phenoxy) is 2. The summed E-state index contributed by atoms with van der Waals surface area (Å²) in [5.41, 5.74) is -0.397. The number of halogens is 2. The van der Waals surface area contributed by atoms with Gasteiger partial charge in [0.1, 0.15) is 17.2 Å². The monoisotopic (exact) mass is 365 g/mol. The van der Waals surface area contributed by atoms with Crippen molar-refractivity contribution < 1.29 is 22.8 Å². The predicted molar refractivity (Wildman–Crippen MR) is 88.2 cm³/mol. The van der Waals surface area contributed by atoms with Gasteiger partial charge in [0.2, 0.25) is 0 Å². The summed E-state index contributed by atoms with van der Waals surface area (Å²) >= 11 is 0. The zero-order valence-electron chi connectivity index (χ0n) is 14.3. The SMILES string of the molecule is Fc1cccc(F)c1-c1nc(CNC2CCOC3(CCOCC3)C2)no1. The third-order valence-electron chi connectivity index (χ3n) is 5.09. The van der Waals surface area contributed by atoms with Gasteiger partial charge in [0.05, 0.1) is 12.1 Å². The Hall–Kier alpha value is -1.90. The molecule has 0 radical (unpaired) electrons. The van der Waals surface area contributed by atoms with Crippen LogP contribution >= 0.6 is 0 Å². The lowest BCUT2D eigenvalue weighted by molar-refractivity contribution is -0.140. The molecule has 3 heterocycles. The number of hydrogen-bond acceptors (Lipinski definition) is 6. The second-order valence-electron chi connectivity index (χ2n) is 6.83. The van der Waals surface area contributed by atoms with Crippen LogP contribution in [0.15, 0.2) is 22.7 Å². The van der Waals surface area contributed by atoms with E-state index >= 15 is 0 Å². The Balaban J connectivity index is 1.39. The summed E-state index contributed by atoms with van der Waals surface area (Å²) in [5.74, 6) is -1.22. The summed E-state index contributed by atoms with van der Waals surface area (Å²) in [6, 6.07) is 3.89. The molecular weight excluding hydrogens is 344 g/mol. The molecule has 1 aromatic carbocycles. The Morgan fingerprint density at radius 3 is 2.69 bits per heavy atom. The molecule has 0 saturated carbocycles. The molecule has 0 bridgehead atoms. The summed E-state index contributed by atoms with van der Waals surface area (Å²) in [7, 11) is 0. The van der Waals surface area contributed by atoms with Crippen LogP contribution in [0.5, 0.6) is 0 Å². The van der Waals surface area contributed by atoms with Gasteiger partial charge in [-0.05, 0) is 37.8 Å². The lowest BCUT2D eigenvalue weighted by atomic mass is 9.84. The molecule has 1 atom stereocenters. The van der Waals surface area contributed by atoms with Gasteiger partial charge in [-0.15, -0.1) is 0 Å². The molecule has 140 valence electrons. The average Bonchev–Trinajstić information content (AvgIpc) is 3.09. The lowest BCUT2D eigenvalue weighted by Gasteiger charge is -2.43. The van der Waals surface area contributed by atoms with E-state index in [1.807, 2.05) is 0 Å². The van der Waals surface area contributed by atoms with Crippen LogP contribution in [0.3, 0.4) is 0 Å². The van der Waals surface area contributed by atoms with Crippen LogP contribution in [0, 0.1) is 11.6 Å². The van der Waals surface area contributed by atoms with Gasteiger partial charge in [0.15, 0.2) is 5.82 Å². The number of nitrogens with zero attached hydrogens (tertiary/aromatic N) is 2. The maximum Gasteiger partial charge on any atom is 0.263 e. The fourth-order valence-electron chi connectivity index (χ4n) is 3.66. The molecular formula is C18H21F2N3O3. The molecule has 26 heavy (non-hydrogen) atoms. The summed E-state index contributed by atoms with van der Waals surface area (Å²) in [6.45, 7) is 2.54. The van der Waals surface area contributed by atoms with E-state index < -0.39 is 11.6 Å². The highest BCUT2D eigenvalue weighted by Crippen LogP contribution is 2.34. The van der Waals surface area contributed by atoms with Crippen LogP contribution < -0.4 is 5.32 Å². The largest absolute Gasteiger partial charge is 0.381 e. The summed E-state index contributed by atoms with van der Waals surface area (Å²) in [4.78, 5) is 4.12. The minimum atomic E-state index is -0.723. The van der Waals surface area contributed by atoms with Crippen molar-refractivity contribution >= 4 is 0 Å². The Kier molecular flexibility index (Phi) is 4.97. The first kappa shape index (κ1) is 17.5. The predicted octanol–water partition coefficient (Wildman–Crippen LogP) is 2.83. The van der Waals surface area contributed by atoms with E-state index in [0.717, 1.165) is 51.0 Å². The number of aromatic nitrogens is 2. The average molecular weight is 365 g/mol. The Labute approximate surface area is 149 Å². The Morgan fingerprint density at radius 1 is 1.15 bits per heavy atom. The Morgan fingerprint density at radius 2 is 1.92 bits per heavy atom. The summed E-state index contributed by atoms with van der Waals surface area (Å²) < 4.78 is 44.1. The van der Waals surface area contributed by atoms with Crippen molar-refractivity contribution in [3.05, 3.63) is 35.7 Å². The molecule has 1 unspecified atom stereocenters. The van der Waals surface area contributed by atoms with Gasteiger partial charge in [-0.1, -0.05) is 11.2 Å².